The van der Waals surface area contributed by atoms with Crippen molar-refractivity contribution in [3.05, 3.63) is 188 Å². The lowest BCUT2D eigenvalue weighted by molar-refractivity contribution is 0.669. The Balaban J connectivity index is 1.15. The molecule has 4 nitrogen and oxygen atoms in total. The van der Waals surface area contributed by atoms with Gasteiger partial charge in [-0.3, -0.25) is 0 Å². The van der Waals surface area contributed by atoms with E-state index in [0.29, 0.717) is 17.5 Å². The Hall–Kier alpha value is -7.17. The molecule has 53 heavy (non-hydrogen) atoms. The van der Waals surface area contributed by atoms with E-state index in [1.165, 1.54) is 10.8 Å². The SMILES string of the molecule is c1ccc(-c2ccccc2-c2nc(-c3cccc(-c4ccc5ccccc5c4)c3)nc(-c3ccc4c(c3)oc3cccc(-c5ccccc5)c34)n2)cc1. The first-order chi connectivity index (χ1) is 26.2. The third-order valence-electron chi connectivity index (χ3n) is 9.93. The first-order valence-electron chi connectivity index (χ1n) is 17.8. The number of aromatic nitrogens is 3. The predicted molar refractivity (Wildman–Crippen MR) is 217 cm³/mol. The summed E-state index contributed by atoms with van der Waals surface area (Å²) in [4.78, 5) is 15.5. The van der Waals surface area contributed by atoms with Gasteiger partial charge in [0.25, 0.3) is 0 Å². The Labute approximate surface area is 306 Å². The topological polar surface area (TPSA) is 51.8 Å². The Morgan fingerprint density at radius 1 is 0.302 bits per heavy atom. The first-order valence-corrected chi connectivity index (χ1v) is 17.8. The van der Waals surface area contributed by atoms with Crippen LogP contribution in [0, 0.1) is 0 Å². The Kier molecular flexibility index (Phi) is 7.43. The van der Waals surface area contributed by atoms with Crippen LogP contribution in [-0.4, -0.2) is 15.0 Å². The molecule has 0 unspecified atom stereocenters. The fourth-order valence-electron chi connectivity index (χ4n) is 7.33. The van der Waals surface area contributed by atoms with Crippen LogP contribution in [0.5, 0.6) is 0 Å². The van der Waals surface area contributed by atoms with Crippen molar-refractivity contribution in [1.29, 1.82) is 0 Å². The van der Waals surface area contributed by atoms with Gasteiger partial charge in [0.1, 0.15) is 11.2 Å². The molecule has 0 radical (unpaired) electrons. The molecule has 2 heterocycles. The third kappa shape index (κ3) is 5.63. The summed E-state index contributed by atoms with van der Waals surface area (Å²) >= 11 is 0. The number of rotatable bonds is 6. The fourth-order valence-corrected chi connectivity index (χ4v) is 7.33. The highest BCUT2D eigenvalue weighted by Gasteiger charge is 2.18. The second kappa shape index (κ2) is 12.9. The maximum Gasteiger partial charge on any atom is 0.164 e. The molecule has 0 spiro atoms. The lowest BCUT2D eigenvalue weighted by Crippen LogP contribution is -2.01. The Morgan fingerprint density at radius 2 is 0.849 bits per heavy atom. The number of nitrogens with zero attached hydrogens (tertiary/aromatic N) is 3. The zero-order valence-corrected chi connectivity index (χ0v) is 28.6. The minimum Gasteiger partial charge on any atom is -0.456 e. The summed E-state index contributed by atoms with van der Waals surface area (Å²) in [5.41, 5.74) is 11.0. The highest BCUT2D eigenvalue weighted by molar-refractivity contribution is 6.13. The van der Waals surface area contributed by atoms with Crippen molar-refractivity contribution in [2.75, 3.05) is 0 Å². The maximum atomic E-state index is 6.51. The van der Waals surface area contributed by atoms with Crippen molar-refractivity contribution in [3.63, 3.8) is 0 Å². The van der Waals surface area contributed by atoms with Crippen LogP contribution in [-0.2, 0) is 0 Å². The first kappa shape index (κ1) is 30.6. The summed E-state index contributed by atoms with van der Waals surface area (Å²) < 4.78 is 6.51. The van der Waals surface area contributed by atoms with Gasteiger partial charge < -0.3 is 4.42 Å². The fraction of sp³-hybridized carbons (Fsp3) is 0. The summed E-state index contributed by atoms with van der Waals surface area (Å²) in [6.07, 6.45) is 0. The van der Waals surface area contributed by atoms with E-state index in [-0.39, 0.29) is 0 Å². The maximum absolute atomic E-state index is 6.51. The van der Waals surface area contributed by atoms with Crippen LogP contribution in [0.15, 0.2) is 192 Å². The molecule has 0 N–H and O–H groups in total. The van der Waals surface area contributed by atoms with E-state index in [1.54, 1.807) is 0 Å². The van der Waals surface area contributed by atoms with Crippen LogP contribution < -0.4 is 0 Å². The van der Waals surface area contributed by atoms with Gasteiger partial charge in [0.2, 0.25) is 0 Å². The summed E-state index contributed by atoms with van der Waals surface area (Å²) in [7, 11) is 0. The minimum absolute atomic E-state index is 0.578. The van der Waals surface area contributed by atoms with Crippen LogP contribution in [0.1, 0.15) is 0 Å². The molecule has 10 rings (SSSR count). The Bertz CT molecular complexity index is 2950. The molecular formula is C49H31N3O. The summed E-state index contributed by atoms with van der Waals surface area (Å²) in [5, 5.41) is 4.57. The molecule has 0 aliphatic heterocycles. The largest absolute Gasteiger partial charge is 0.456 e. The average molecular weight is 678 g/mol. The van der Waals surface area contributed by atoms with Crippen molar-refractivity contribution in [2.24, 2.45) is 0 Å². The molecule has 10 aromatic rings. The lowest BCUT2D eigenvalue weighted by atomic mass is 9.98. The van der Waals surface area contributed by atoms with Crippen LogP contribution in [0.25, 0.3) is 100 Å². The van der Waals surface area contributed by atoms with Gasteiger partial charge in [-0.1, -0.05) is 158 Å². The average Bonchev–Trinajstić information content (AvgIpc) is 3.62. The van der Waals surface area contributed by atoms with Crippen LogP contribution >= 0.6 is 0 Å². The van der Waals surface area contributed by atoms with Crippen molar-refractivity contribution in [2.45, 2.75) is 0 Å². The van der Waals surface area contributed by atoms with Gasteiger partial charge >= 0.3 is 0 Å². The van der Waals surface area contributed by atoms with Gasteiger partial charge in [-0.2, -0.15) is 0 Å². The third-order valence-corrected chi connectivity index (χ3v) is 9.93. The van der Waals surface area contributed by atoms with E-state index in [0.717, 1.165) is 72.0 Å². The normalized spacial score (nSPS) is 11.4. The van der Waals surface area contributed by atoms with Gasteiger partial charge in [0.15, 0.2) is 17.5 Å². The summed E-state index contributed by atoms with van der Waals surface area (Å²) in [6, 6.07) is 65.1. The van der Waals surface area contributed by atoms with Crippen molar-refractivity contribution >= 4 is 32.7 Å². The molecule has 0 saturated carbocycles. The van der Waals surface area contributed by atoms with Gasteiger partial charge in [-0.15, -0.1) is 0 Å². The van der Waals surface area contributed by atoms with Crippen molar-refractivity contribution in [1.82, 2.24) is 15.0 Å². The zero-order chi connectivity index (χ0) is 35.1. The minimum atomic E-state index is 0.578. The highest BCUT2D eigenvalue weighted by Crippen LogP contribution is 2.39. The van der Waals surface area contributed by atoms with E-state index in [4.69, 9.17) is 19.4 Å². The van der Waals surface area contributed by atoms with E-state index in [9.17, 15) is 0 Å². The van der Waals surface area contributed by atoms with E-state index in [2.05, 4.69) is 164 Å². The molecule has 2 aromatic heterocycles. The standard InChI is InChI=1S/C49H31N3O/c1-3-14-33(15-4-1)40-21-9-10-22-42(40)49-51-47(38-20-11-19-36(30-38)37-26-25-32-13-7-8-18-35(32)29-37)50-48(52-49)39-27-28-43-45(31-39)53-44-24-12-23-41(46(43)44)34-16-5-2-6-17-34/h1-31H. The number of hydrogen-bond acceptors (Lipinski definition) is 4. The summed E-state index contributed by atoms with van der Waals surface area (Å²) in [6.45, 7) is 0. The molecule has 0 amide bonds. The molecule has 4 heteroatoms. The van der Waals surface area contributed by atoms with Crippen LogP contribution in [0.3, 0.4) is 0 Å². The van der Waals surface area contributed by atoms with Crippen LogP contribution in [0.2, 0.25) is 0 Å². The smallest absolute Gasteiger partial charge is 0.164 e. The van der Waals surface area contributed by atoms with Gasteiger partial charge in [-0.25, -0.2) is 15.0 Å². The molecule has 248 valence electrons. The molecule has 0 atom stereocenters. The predicted octanol–water partition coefficient (Wildman–Crippen LogP) is 12.9. The second-order valence-electron chi connectivity index (χ2n) is 13.2. The van der Waals surface area contributed by atoms with Gasteiger partial charge in [-0.05, 0) is 74.5 Å². The molecule has 0 fully saturated rings. The number of benzene rings is 8. The molecule has 0 aliphatic rings. The monoisotopic (exact) mass is 677 g/mol. The lowest BCUT2D eigenvalue weighted by Gasteiger charge is -2.12. The van der Waals surface area contributed by atoms with E-state index < -0.39 is 0 Å². The number of hydrogen-bond donors (Lipinski definition) is 0. The molecule has 0 bridgehead atoms. The number of furan rings is 1. The van der Waals surface area contributed by atoms with Crippen LogP contribution in [0.4, 0.5) is 0 Å². The highest BCUT2D eigenvalue weighted by atomic mass is 16.3. The van der Waals surface area contributed by atoms with Gasteiger partial charge in [0, 0.05) is 27.5 Å². The van der Waals surface area contributed by atoms with E-state index in [1.807, 2.05) is 24.3 Å². The molecular weight excluding hydrogens is 647 g/mol. The molecule has 0 saturated heterocycles. The number of fused-ring (bicyclic) bond motifs is 4. The van der Waals surface area contributed by atoms with E-state index >= 15 is 0 Å². The second-order valence-corrected chi connectivity index (χ2v) is 13.2. The Morgan fingerprint density at radius 3 is 1.64 bits per heavy atom. The molecule has 0 aliphatic carbocycles. The van der Waals surface area contributed by atoms with Crippen molar-refractivity contribution in [3.8, 4) is 67.5 Å². The summed E-state index contributed by atoms with van der Waals surface area (Å²) in [5.74, 6) is 1.79. The quantitative estimate of drug-likeness (QED) is 0.176. The molecule has 8 aromatic carbocycles. The van der Waals surface area contributed by atoms with Gasteiger partial charge in [0.05, 0.1) is 0 Å². The van der Waals surface area contributed by atoms with Crippen molar-refractivity contribution < 1.29 is 4.42 Å². The zero-order valence-electron chi connectivity index (χ0n) is 28.6.